The molecule has 1 aliphatic rings. The van der Waals surface area contributed by atoms with Crippen LogP contribution in [0.2, 0.25) is 0 Å². The Labute approximate surface area is 101 Å². The summed E-state index contributed by atoms with van der Waals surface area (Å²) in [6.45, 7) is 4.34. The number of benzene rings is 1. The molecule has 0 spiro atoms. The quantitative estimate of drug-likeness (QED) is 0.822. The minimum atomic E-state index is -0.248. The van der Waals surface area contributed by atoms with Gasteiger partial charge in [0.25, 0.3) is 0 Å². The van der Waals surface area contributed by atoms with Crippen molar-refractivity contribution in [2.75, 3.05) is 30.3 Å². The average Bonchev–Trinajstić information content (AvgIpc) is 2.29. The Morgan fingerprint density at radius 2 is 2.35 bits per heavy atom. The van der Waals surface area contributed by atoms with Crippen molar-refractivity contribution in [3.05, 3.63) is 24.0 Å². The molecule has 1 aromatic carbocycles. The smallest absolute Gasteiger partial charge is 0.148 e. The van der Waals surface area contributed by atoms with Crippen LogP contribution in [-0.2, 0) is 4.74 Å². The van der Waals surface area contributed by atoms with Gasteiger partial charge in [-0.15, -0.1) is 0 Å². The second-order valence-corrected chi connectivity index (χ2v) is 4.38. The molecule has 0 aliphatic carbocycles. The van der Waals surface area contributed by atoms with Crippen LogP contribution in [0.15, 0.2) is 18.2 Å². The summed E-state index contributed by atoms with van der Waals surface area (Å²) in [5, 5.41) is 0. The second kappa shape index (κ2) is 5.36. The minimum absolute atomic E-state index is 0.214. The lowest BCUT2D eigenvalue weighted by Crippen LogP contribution is -2.40. The van der Waals surface area contributed by atoms with Crippen LogP contribution >= 0.6 is 0 Å². The fourth-order valence-corrected chi connectivity index (χ4v) is 2.31. The van der Waals surface area contributed by atoms with E-state index in [0.29, 0.717) is 18.0 Å². The van der Waals surface area contributed by atoms with E-state index in [9.17, 15) is 4.39 Å². The third-order valence-electron chi connectivity index (χ3n) is 3.09. The molecule has 0 amide bonds. The monoisotopic (exact) mass is 238 g/mol. The first-order valence-electron chi connectivity index (χ1n) is 6.12. The molecular weight excluding hydrogens is 219 g/mol. The highest BCUT2D eigenvalue weighted by Gasteiger charge is 2.22. The van der Waals surface area contributed by atoms with E-state index in [0.717, 1.165) is 25.9 Å². The van der Waals surface area contributed by atoms with Crippen molar-refractivity contribution in [1.82, 2.24) is 0 Å². The number of halogens is 1. The molecule has 94 valence electrons. The van der Waals surface area contributed by atoms with E-state index in [2.05, 4.69) is 0 Å². The summed E-state index contributed by atoms with van der Waals surface area (Å²) < 4.78 is 19.4. The molecule has 1 atom stereocenters. The maximum Gasteiger partial charge on any atom is 0.148 e. The molecule has 0 saturated carbocycles. The normalized spacial score (nSPS) is 20.6. The molecule has 17 heavy (non-hydrogen) atoms. The Kier molecular flexibility index (Phi) is 3.84. The maximum atomic E-state index is 13.8. The van der Waals surface area contributed by atoms with Crippen molar-refractivity contribution in [1.29, 1.82) is 0 Å². The number of anilines is 2. The third-order valence-corrected chi connectivity index (χ3v) is 3.09. The summed E-state index contributed by atoms with van der Waals surface area (Å²) in [7, 11) is 0. The minimum Gasteiger partial charge on any atom is -0.399 e. The van der Waals surface area contributed by atoms with Crippen molar-refractivity contribution in [3.8, 4) is 0 Å². The van der Waals surface area contributed by atoms with Gasteiger partial charge in [0.05, 0.1) is 11.8 Å². The zero-order chi connectivity index (χ0) is 12.3. The van der Waals surface area contributed by atoms with Gasteiger partial charge >= 0.3 is 0 Å². The zero-order valence-corrected chi connectivity index (χ0v) is 10.2. The van der Waals surface area contributed by atoms with Crippen LogP contribution < -0.4 is 10.6 Å². The van der Waals surface area contributed by atoms with E-state index in [-0.39, 0.29) is 11.9 Å². The molecule has 1 fully saturated rings. The lowest BCUT2D eigenvalue weighted by atomic mass is 10.1. The van der Waals surface area contributed by atoms with Crippen molar-refractivity contribution in [2.24, 2.45) is 0 Å². The van der Waals surface area contributed by atoms with Crippen molar-refractivity contribution < 1.29 is 9.13 Å². The van der Waals surface area contributed by atoms with Crippen LogP contribution in [0.4, 0.5) is 15.8 Å². The van der Waals surface area contributed by atoms with Gasteiger partial charge in [-0.25, -0.2) is 4.39 Å². The summed E-state index contributed by atoms with van der Waals surface area (Å²) in [4.78, 5) is 2.04. The predicted octanol–water partition coefficient (Wildman–Crippen LogP) is 2.41. The summed E-state index contributed by atoms with van der Waals surface area (Å²) >= 11 is 0. The van der Waals surface area contributed by atoms with Gasteiger partial charge in [-0.3, -0.25) is 0 Å². The van der Waals surface area contributed by atoms with E-state index >= 15 is 0 Å². The number of rotatable bonds is 3. The number of nitrogen functional groups attached to an aromatic ring is 1. The third kappa shape index (κ3) is 2.88. The number of nitrogens with zero attached hydrogens (tertiary/aromatic N) is 1. The highest BCUT2D eigenvalue weighted by atomic mass is 19.1. The van der Waals surface area contributed by atoms with E-state index in [1.165, 1.54) is 6.07 Å². The molecule has 1 saturated heterocycles. The number of ether oxygens (including phenoxy) is 1. The van der Waals surface area contributed by atoms with Crippen LogP contribution in [0.5, 0.6) is 0 Å². The lowest BCUT2D eigenvalue weighted by molar-refractivity contribution is 0.0525. The van der Waals surface area contributed by atoms with Gasteiger partial charge in [-0.2, -0.15) is 0 Å². The van der Waals surface area contributed by atoms with Crippen molar-refractivity contribution >= 4 is 11.4 Å². The molecule has 3 nitrogen and oxygen atoms in total. The molecule has 2 N–H and O–H groups in total. The lowest BCUT2D eigenvalue weighted by Gasteiger charge is -2.34. The van der Waals surface area contributed by atoms with Gasteiger partial charge in [0.2, 0.25) is 0 Å². The topological polar surface area (TPSA) is 38.5 Å². The molecule has 0 aromatic heterocycles. The van der Waals surface area contributed by atoms with Gasteiger partial charge in [0.15, 0.2) is 0 Å². The molecule has 4 heteroatoms. The van der Waals surface area contributed by atoms with Crippen LogP contribution in [0.1, 0.15) is 19.8 Å². The van der Waals surface area contributed by atoms with Gasteiger partial charge in [-0.05, 0) is 38.0 Å². The van der Waals surface area contributed by atoms with E-state index < -0.39 is 0 Å². The fraction of sp³-hybridized carbons (Fsp3) is 0.538. The van der Waals surface area contributed by atoms with Crippen LogP contribution in [-0.4, -0.2) is 25.8 Å². The van der Waals surface area contributed by atoms with Crippen LogP contribution in [0.25, 0.3) is 0 Å². The number of hydrogen-bond acceptors (Lipinski definition) is 3. The largest absolute Gasteiger partial charge is 0.399 e. The first-order valence-corrected chi connectivity index (χ1v) is 6.12. The Balaban J connectivity index is 2.10. The van der Waals surface area contributed by atoms with Crippen molar-refractivity contribution in [2.45, 2.75) is 25.9 Å². The zero-order valence-electron chi connectivity index (χ0n) is 10.2. The summed E-state index contributed by atoms with van der Waals surface area (Å²) in [5.41, 5.74) is 6.64. The summed E-state index contributed by atoms with van der Waals surface area (Å²) in [6, 6.07) is 4.86. The van der Waals surface area contributed by atoms with Crippen LogP contribution in [0.3, 0.4) is 0 Å². The molecule has 1 aliphatic heterocycles. The van der Waals surface area contributed by atoms with E-state index in [1.54, 1.807) is 12.1 Å². The average molecular weight is 238 g/mol. The first-order chi connectivity index (χ1) is 8.20. The van der Waals surface area contributed by atoms with Gasteiger partial charge in [-0.1, -0.05) is 0 Å². The summed E-state index contributed by atoms with van der Waals surface area (Å²) in [5.74, 6) is -0.248. The molecule has 1 heterocycles. The first kappa shape index (κ1) is 12.2. The van der Waals surface area contributed by atoms with Crippen LogP contribution in [0, 0.1) is 5.82 Å². The van der Waals surface area contributed by atoms with Gasteiger partial charge < -0.3 is 15.4 Å². The molecule has 0 radical (unpaired) electrons. The number of hydrogen-bond donors (Lipinski definition) is 1. The standard InChI is InChI=1S/C13H19FN2O/c1-2-17-11-4-3-7-16(9-11)13-6-5-10(15)8-12(13)14/h5-6,8,11H,2-4,7,9,15H2,1H3. The molecule has 1 unspecified atom stereocenters. The Hall–Kier alpha value is -1.29. The second-order valence-electron chi connectivity index (χ2n) is 4.38. The summed E-state index contributed by atoms with van der Waals surface area (Å²) in [6.07, 6.45) is 2.31. The Morgan fingerprint density at radius 3 is 3.06 bits per heavy atom. The predicted molar refractivity (Wildman–Crippen MR) is 67.7 cm³/mol. The van der Waals surface area contributed by atoms with Gasteiger partial charge in [0, 0.05) is 25.4 Å². The SMILES string of the molecule is CCOC1CCCN(c2ccc(N)cc2F)C1. The van der Waals surface area contributed by atoms with E-state index in [4.69, 9.17) is 10.5 Å². The highest BCUT2D eigenvalue weighted by Crippen LogP contribution is 2.25. The molecular formula is C13H19FN2O. The molecule has 1 aromatic rings. The van der Waals surface area contributed by atoms with Crippen molar-refractivity contribution in [3.63, 3.8) is 0 Å². The molecule has 0 bridgehead atoms. The van der Waals surface area contributed by atoms with E-state index in [1.807, 2.05) is 11.8 Å². The highest BCUT2D eigenvalue weighted by molar-refractivity contribution is 5.54. The fourth-order valence-electron chi connectivity index (χ4n) is 2.31. The maximum absolute atomic E-state index is 13.8. The van der Waals surface area contributed by atoms with Gasteiger partial charge in [0.1, 0.15) is 5.82 Å². The number of nitrogens with two attached hydrogens (primary N) is 1. The Bertz CT molecular complexity index is 382. The Morgan fingerprint density at radius 1 is 1.53 bits per heavy atom. The number of piperidine rings is 1. The molecule has 2 rings (SSSR count).